The number of halogens is 2. The van der Waals surface area contributed by atoms with Crippen LogP contribution in [-0.2, 0) is 0 Å². The van der Waals surface area contributed by atoms with Crippen LogP contribution in [0.1, 0.15) is 23.5 Å². The summed E-state index contributed by atoms with van der Waals surface area (Å²) in [6.45, 7) is 3.10. The molecule has 2 saturated heterocycles. The Balaban J connectivity index is 1.66. The zero-order valence-corrected chi connectivity index (χ0v) is 11.0. The van der Waals surface area contributed by atoms with Gasteiger partial charge in [0.25, 0.3) is 5.91 Å². The van der Waals surface area contributed by atoms with E-state index < -0.39 is 11.7 Å². The van der Waals surface area contributed by atoms with Crippen molar-refractivity contribution < 1.29 is 9.18 Å². The van der Waals surface area contributed by atoms with Gasteiger partial charge in [-0.05, 0) is 25.3 Å². The molecule has 102 valence electrons. The lowest BCUT2D eigenvalue weighted by atomic mass is 9.97. The molecule has 0 saturated carbocycles. The van der Waals surface area contributed by atoms with E-state index >= 15 is 0 Å². The van der Waals surface area contributed by atoms with Gasteiger partial charge in [0, 0.05) is 19.1 Å². The Morgan fingerprint density at radius 3 is 3.11 bits per heavy atom. The first-order valence-corrected chi connectivity index (χ1v) is 6.71. The van der Waals surface area contributed by atoms with E-state index in [1.807, 2.05) is 0 Å². The number of nitrogens with zero attached hydrogens (tertiary/aromatic N) is 3. The predicted molar refractivity (Wildman–Crippen MR) is 67.4 cm³/mol. The molecule has 0 spiro atoms. The van der Waals surface area contributed by atoms with Gasteiger partial charge in [-0.25, -0.2) is 14.4 Å². The summed E-state index contributed by atoms with van der Waals surface area (Å²) in [6.07, 6.45) is 3.10. The monoisotopic (exact) mass is 284 g/mol. The van der Waals surface area contributed by atoms with Crippen molar-refractivity contribution in [3.8, 4) is 0 Å². The molecular formula is C12H14ClFN4O. The van der Waals surface area contributed by atoms with Gasteiger partial charge < -0.3 is 10.2 Å². The standard InChI is InChI=1S/C12H14ClFN4O/c13-10-9(14)4-15-11(17-10)12(19)16-8-3-7-1-2-18(5-7)6-8/h4,7-8H,1-3,5-6H2,(H,16,19)/t7-,8-/m1/s1. The summed E-state index contributed by atoms with van der Waals surface area (Å²) < 4.78 is 12.9. The van der Waals surface area contributed by atoms with Crippen LogP contribution in [0.3, 0.4) is 0 Å². The SMILES string of the molecule is O=C(N[C@@H]1C[C@H]2CCN(C2)C1)c1ncc(F)c(Cl)n1. The summed E-state index contributed by atoms with van der Waals surface area (Å²) in [5.74, 6) is -0.537. The minimum absolute atomic E-state index is 0.0840. The van der Waals surface area contributed by atoms with Gasteiger partial charge in [0.15, 0.2) is 11.0 Å². The number of carbonyl (C=O) groups excluding carboxylic acids is 1. The Morgan fingerprint density at radius 2 is 2.37 bits per heavy atom. The highest BCUT2D eigenvalue weighted by Gasteiger charge is 2.33. The van der Waals surface area contributed by atoms with Crippen LogP contribution in [0.2, 0.25) is 5.15 Å². The maximum Gasteiger partial charge on any atom is 0.289 e. The first-order chi connectivity index (χ1) is 9.11. The first-order valence-electron chi connectivity index (χ1n) is 6.33. The summed E-state index contributed by atoms with van der Waals surface area (Å²) in [4.78, 5) is 21.6. The second-order valence-electron chi connectivity index (χ2n) is 5.15. The van der Waals surface area contributed by atoms with Crippen molar-refractivity contribution in [3.63, 3.8) is 0 Å². The van der Waals surface area contributed by atoms with Crippen LogP contribution >= 0.6 is 11.6 Å². The molecule has 0 aromatic carbocycles. The highest BCUT2D eigenvalue weighted by atomic mass is 35.5. The highest BCUT2D eigenvalue weighted by molar-refractivity contribution is 6.29. The van der Waals surface area contributed by atoms with Crippen molar-refractivity contribution in [2.24, 2.45) is 5.92 Å². The number of piperidine rings is 1. The van der Waals surface area contributed by atoms with Gasteiger partial charge in [-0.3, -0.25) is 4.79 Å². The third kappa shape index (κ3) is 2.69. The fraction of sp³-hybridized carbons (Fsp3) is 0.583. The van der Waals surface area contributed by atoms with Crippen LogP contribution in [0, 0.1) is 11.7 Å². The van der Waals surface area contributed by atoms with Crippen LogP contribution in [0.5, 0.6) is 0 Å². The molecule has 2 aliphatic heterocycles. The number of carbonyl (C=O) groups is 1. The van der Waals surface area contributed by atoms with Crippen LogP contribution < -0.4 is 5.32 Å². The largest absolute Gasteiger partial charge is 0.345 e. The fourth-order valence-corrected chi connectivity index (χ4v) is 3.00. The van der Waals surface area contributed by atoms with E-state index in [1.54, 1.807) is 0 Å². The maximum atomic E-state index is 12.9. The molecule has 2 fully saturated rings. The Hall–Kier alpha value is -1.27. The van der Waals surface area contributed by atoms with E-state index in [-0.39, 0.29) is 17.0 Å². The number of aromatic nitrogens is 2. The Morgan fingerprint density at radius 1 is 1.53 bits per heavy atom. The molecule has 1 unspecified atom stereocenters. The quantitative estimate of drug-likeness (QED) is 0.826. The lowest BCUT2D eigenvalue weighted by molar-refractivity contribution is 0.0898. The zero-order valence-electron chi connectivity index (χ0n) is 10.3. The van der Waals surface area contributed by atoms with Crippen LogP contribution in [0.4, 0.5) is 4.39 Å². The van der Waals surface area contributed by atoms with Gasteiger partial charge in [0.1, 0.15) is 0 Å². The van der Waals surface area contributed by atoms with Crippen molar-refractivity contribution in [1.82, 2.24) is 20.2 Å². The Bertz CT molecular complexity index is 501. The lowest BCUT2D eigenvalue weighted by Crippen LogP contribution is -2.47. The smallest absolute Gasteiger partial charge is 0.289 e. The molecule has 5 nitrogen and oxygen atoms in total. The van der Waals surface area contributed by atoms with Crippen molar-refractivity contribution in [2.45, 2.75) is 18.9 Å². The summed E-state index contributed by atoms with van der Waals surface area (Å²) in [7, 11) is 0. The molecule has 0 aliphatic carbocycles. The first kappa shape index (κ1) is 12.7. The third-order valence-electron chi connectivity index (χ3n) is 3.71. The van der Waals surface area contributed by atoms with Gasteiger partial charge >= 0.3 is 0 Å². The number of hydrogen-bond acceptors (Lipinski definition) is 4. The van der Waals surface area contributed by atoms with Gasteiger partial charge in [0.05, 0.1) is 6.20 Å². The number of hydrogen-bond donors (Lipinski definition) is 1. The molecule has 1 N–H and O–H groups in total. The second-order valence-corrected chi connectivity index (χ2v) is 5.51. The lowest BCUT2D eigenvalue weighted by Gasteiger charge is -2.30. The van der Waals surface area contributed by atoms with Crippen molar-refractivity contribution >= 4 is 17.5 Å². The predicted octanol–water partition coefficient (Wildman–Crippen LogP) is 1.09. The number of nitrogens with one attached hydrogen (secondary N) is 1. The molecule has 3 heterocycles. The normalized spacial score (nSPS) is 29.3. The van der Waals surface area contributed by atoms with Crippen LogP contribution in [0.15, 0.2) is 6.20 Å². The van der Waals surface area contributed by atoms with Gasteiger partial charge in [-0.2, -0.15) is 0 Å². The molecule has 0 radical (unpaired) electrons. The van der Waals surface area contributed by atoms with Crippen molar-refractivity contribution in [1.29, 1.82) is 0 Å². The number of amides is 1. The van der Waals surface area contributed by atoms with E-state index in [2.05, 4.69) is 20.2 Å². The second kappa shape index (κ2) is 5.02. The molecule has 3 rings (SSSR count). The van der Waals surface area contributed by atoms with Gasteiger partial charge in [0.2, 0.25) is 5.82 Å². The van der Waals surface area contributed by atoms with Gasteiger partial charge in [-0.1, -0.05) is 11.6 Å². The molecule has 2 aliphatic rings. The molecule has 7 heteroatoms. The molecule has 2 bridgehead atoms. The summed E-state index contributed by atoms with van der Waals surface area (Å²) in [6, 6.07) is 0.112. The van der Waals surface area contributed by atoms with E-state index in [0.717, 1.165) is 32.3 Å². The van der Waals surface area contributed by atoms with Crippen LogP contribution in [-0.4, -0.2) is 46.5 Å². The fourth-order valence-electron chi connectivity index (χ4n) is 2.87. The van der Waals surface area contributed by atoms with E-state index in [1.165, 1.54) is 6.42 Å². The topological polar surface area (TPSA) is 58.1 Å². The van der Waals surface area contributed by atoms with Crippen molar-refractivity contribution in [3.05, 3.63) is 23.0 Å². The maximum absolute atomic E-state index is 12.9. The van der Waals surface area contributed by atoms with E-state index in [4.69, 9.17) is 11.6 Å². The molecule has 1 aromatic rings. The summed E-state index contributed by atoms with van der Waals surface area (Å²) in [5.41, 5.74) is 0. The minimum Gasteiger partial charge on any atom is -0.345 e. The minimum atomic E-state index is -0.722. The average molecular weight is 285 g/mol. The third-order valence-corrected chi connectivity index (χ3v) is 3.97. The molecule has 1 aromatic heterocycles. The molecule has 1 amide bonds. The number of fused-ring (bicyclic) bond motifs is 2. The van der Waals surface area contributed by atoms with E-state index in [9.17, 15) is 9.18 Å². The average Bonchev–Trinajstić information content (AvgIpc) is 2.72. The Labute approximate surface area is 115 Å². The van der Waals surface area contributed by atoms with Gasteiger partial charge in [-0.15, -0.1) is 0 Å². The van der Waals surface area contributed by atoms with Crippen molar-refractivity contribution in [2.75, 3.05) is 19.6 Å². The summed E-state index contributed by atoms with van der Waals surface area (Å²) in [5, 5.41) is 2.57. The molecule has 19 heavy (non-hydrogen) atoms. The highest BCUT2D eigenvalue weighted by Crippen LogP contribution is 2.26. The molecule has 3 atom stereocenters. The molecular weight excluding hydrogens is 271 g/mol. The summed E-state index contributed by atoms with van der Waals surface area (Å²) >= 11 is 5.54. The van der Waals surface area contributed by atoms with Crippen LogP contribution in [0.25, 0.3) is 0 Å². The zero-order chi connectivity index (χ0) is 13.4. The Kier molecular flexibility index (Phi) is 3.36. The van der Waals surface area contributed by atoms with E-state index in [0.29, 0.717) is 5.92 Å². The number of rotatable bonds is 2.